The van der Waals surface area contributed by atoms with E-state index < -0.39 is 0 Å². The van der Waals surface area contributed by atoms with Crippen LogP contribution in [0.1, 0.15) is 5.82 Å². The molecule has 0 saturated carbocycles. The molecule has 0 aliphatic carbocycles. The lowest BCUT2D eigenvalue weighted by molar-refractivity contribution is 0.602. The van der Waals surface area contributed by atoms with E-state index in [0.717, 1.165) is 5.82 Å². The third-order valence-electron chi connectivity index (χ3n) is 2.21. The summed E-state index contributed by atoms with van der Waals surface area (Å²) < 4.78 is 15.3. The molecule has 1 aromatic carbocycles. The third-order valence-corrected chi connectivity index (χ3v) is 3.30. The highest BCUT2D eigenvalue weighted by Crippen LogP contribution is 2.29. The Kier molecular flexibility index (Phi) is 2.82. The van der Waals surface area contributed by atoms with Gasteiger partial charge in [-0.2, -0.15) is 0 Å². The zero-order valence-corrected chi connectivity index (χ0v) is 9.75. The number of rotatable bonds is 2. The van der Waals surface area contributed by atoms with Gasteiger partial charge in [0.25, 0.3) is 0 Å². The number of nitrogens with zero attached hydrogens (tertiary/aromatic N) is 3. The van der Waals surface area contributed by atoms with Crippen LogP contribution < -0.4 is 5.73 Å². The minimum absolute atomic E-state index is 0.342. The number of hydrogen-bond acceptors (Lipinski definition) is 4. The summed E-state index contributed by atoms with van der Waals surface area (Å²) in [7, 11) is 1.84. The highest BCUT2D eigenvalue weighted by Gasteiger charge is 2.10. The van der Waals surface area contributed by atoms with Crippen molar-refractivity contribution in [3.05, 3.63) is 29.8 Å². The fourth-order valence-corrected chi connectivity index (χ4v) is 2.01. The number of halogens is 1. The van der Waals surface area contributed by atoms with Gasteiger partial charge in [0.2, 0.25) is 0 Å². The quantitative estimate of drug-likeness (QED) is 0.813. The van der Waals surface area contributed by atoms with Crippen molar-refractivity contribution >= 4 is 17.4 Å². The Balaban J connectivity index is 2.30. The van der Waals surface area contributed by atoms with E-state index in [2.05, 4.69) is 10.2 Å². The molecule has 0 bridgehead atoms. The second-order valence-corrected chi connectivity index (χ2v) is 4.39. The molecule has 16 heavy (non-hydrogen) atoms. The third kappa shape index (κ3) is 2.01. The Bertz CT molecular complexity index is 524. The number of aromatic nitrogens is 3. The molecular formula is C10H11FN4S. The van der Waals surface area contributed by atoms with E-state index in [1.807, 2.05) is 14.0 Å². The van der Waals surface area contributed by atoms with Crippen LogP contribution in [0.5, 0.6) is 0 Å². The minimum Gasteiger partial charge on any atom is -0.399 e. The molecule has 2 rings (SSSR count). The molecule has 84 valence electrons. The van der Waals surface area contributed by atoms with Gasteiger partial charge < -0.3 is 10.3 Å². The molecule has 2 aromatic rings. The van der Waals surface area contributed by atoms with Crippen molar-refractivity contribution in [2.24, 2.45) is 7.05 Å². The van der Waals surface area contributed by atoms with Crippen molar-refractivity contribution in [1.29, 1.82) is 0 Å². The van der Waals surface area contributed by atoms with E-state index in [-0.39, 0.29) is 5.82 Å². The van der Waals surface area contributed by atoms with Crippen LogP contribution in [-0.4, -0.2) is 14.8 Å². The molecule has 4 nitrogen and oxygen atoms in total. The first-order valence-electron chi connectivity index (χ1n) is 4.67. The smallest absolute Gasteiger partial charge is 0.195 e. The van der Waals surface area contributed by atoms with Crippen LogP contribution in [0, 0.1) is 12.7 Å². The lowest BCUT2D eigenvalue weighted by Gasteiger charge is -2.03. The van der Waals surface area contributed by atoms with Gasteiger partial charge in [-0.25, -0.2) is 4.39 Å². The maximum Gasteiger partial charge on any atom is 0.195 e. The van der Waals surface area contributed by atoms with Crippen LogP contribution in [0.15, 0.2) is 28.3 Å². The van der Waals surface area contributed by atoms with Crippen molar-refractivity contribution < 1.29 is 4.39 Å². The van der Waals surface area contributed by atoms with E-state index >= 15 is 0 Å². The molecule has 0 fully saturated rings. The second-order valence-electron chi connectivity index (χ2n) is 3.38. The Morgan fingerprint density at radius 2 is 2.12 bits per heavy atom. The van der Waals surface area contributed by atoms with Crippen molar-refractivity contribution in [2.75, 3.05) is 5.73 Å². The number of benzene rings is 1. The average molecular weight is 238 g/mol. The zero-order chi connectivity index (χ0) is 11.7. The highest BCUT2D eigenvalue weighted by molar-refractivity contribution is 7.99. The van der Waals surface area contributed by atoms with Gasteiger partial charge in [0.05, 0.1) is 4.90 Å². The van der Waals surface area contributed by atoms with Crippen LogP contribution in [0.2, 0.25) is 0 Å². The van der Waals surface area contributed by atoms with Gasteiger partial charge in [0, 0.05) is 12.7 Å². The van der Waals surface area contributed by atoms with Crippen LogP contribution in [-0.2, 0) is 7.05 Å². The molecule has 2 N–H and O–H groups in total. The second kappa shape index (κ2) is 4.13. The van der Waals surface area contributed by atoms with Crippen LogP contribution >= 0.6 is 11.8 Å². The van der Waals surface area contributed by atoms with E-state index in [0.29, 0.717) is 15.7 Å². The highest BCUT2D eigenvalue weighted by atomic mass is 32.2. The Hall–Kier alpha value is -1.56. The molecule has 0 amide bonds. The van der Waals surface area contributed by atoms with Crippen molar-refractivity contribution in [3.63, 3.8) is 0 Å². The molecule has 1 aromatic heterocycles. The summed E-state index contributed by atoms with van der Waals surface area (Å²) in [5.74, 6) is 0.448. The number of aryl methyl sites for hydroxylation is 1. The number of hydrogen-bond donors (Lipinski definition) is 1. The summed E-state index contributed by atoms with van der Waals surface area (Å²) in [5, 5.41) is 8.51. The lowest BCUT2D eigenvalue weighted by Crippen LogP contribution is -1.94. The largest absolute Gasteiger partial charge is 0.399 e. The van der Waals surface area contributed by atoms with E-state index in [9.17, 15) is 4.39 Å². The van der Waals surface area contributed by atoms with Gasteiger partial charge in [-0.15, -0.1) is 10.2 Å². The predicted molar refractivity (Wildman–Crippen MR) is 60.7 cm³/mol. The van der Waals surface area contributed by atoms with E-state index in [1.54, 1.807) is 16.7 Å². The number of anilines is 1. The Labute approximate surface area is 96.7 Å². The number of nitrogen functional groups attached to an aromatic ring is 1. The molecule has 1 heterocycles. The molecule has 0 aliphatic heterocycles. The van der Waals surface area contributed by atoms with Crippen molar-refractivity contribution in [2.45, 2.75) is 17.0 Å². The normalized spacial score (nSPS) is 10.7. The standard InChI is InChI=1S/C10H11FN4S/c1-6-13-14-10(15(6)2)16-9-4-3-7(12)5-8(9)11/h3-5H,12H2,1-2H3. The maximum absolute atomic E-state index is 13.5. The first-order valence-corrected chi connectivity index (χ1v) is 5.48. The van der Waals surface area contributed by atoms with Gasteiger partial charge >= 0.3 is 0 Å². The van der Waals surface area contributed by atoms with Crippen molar-refractivity contribution in [1.82, 2.24) is 14.8 Å². The van der Waals surface area contributed by atoms with Gasteiger partial charge in [-0.3, -0.25) is 0 Å². The summed E-state index contributed by atoms with van der Waals surface area (Å²) in [6, 6.07) is 4.60. The maximum atomic E-state index is 13.5. The summed E-state index contributed by atoms with van der Waals surface area (Å²) in [6.07, 6.45) is 0. The first kappa shape index (κ1) is 10.9. The van der Waals surface area contributed by atoms with Gasteiger partial charge in [0.1, 0.15) is 11.6 Å². The van der Waals surface area contributed by atoms with E-state index in [1.165, 1.54) is 17.8 Å². The fourth-order valence-electron chi connectivity index (χ4n) is 1.17. The monoisotopic (exact) mass is 238 g/mol. The Morgan fingerprint density at radius 1 is 1.38 bits per heavy atom. The fraction of sp³-hybridized carbons (Fsp3) is 0.200. The van der Waals surface area contributed by atoms with Crippen molar-refractivity contribution in [3.8, 4) is 0 Å². The molecule has 0 radical (unpaired) electrons. The topological polar surface area (TPSA) is 56.7 Å². The zero-order valence-electron chi connectivity index (χ0n) is 8.94. The van der Waals surface area contributed by atoms with Crippen LogP contribution in [0.3, 0.4) is 0 Å². The SMILES string of the molecule is Cc1nnc(Sc2ccc(N)cc2F)n1C. The predicted octanol–water partition coefficient (Wildman–Crippen LogP) is 2.00. The summed E-state index contributed by atoms with van der Waals surface area (Å²) in [5.41, 5.74) is 5.89. The lowest BCUT2D eigenvalue weighted by atomic mass is 10.3. The summed E-state index contributed by atoms with van der Waals surface area (Å²) >= 11 is 1.23. The van der Waals surface area contributed by atoms with Gasteiger partial charge in [0.15, 0.2) is 5.16 Å². The molecular weight excluding hydrogens is 227 g/mol. The number of nitrogens with two attached hydrogens (primary N) is 1. The average Bonchev–Trinajstić information content (AvgIpc) is 2.54. The molecule has 6 heteroatoms. The molecule has 0 aliphatic rings. The van der Waals surface area contributed by atoms with Gasteiger partial charge in [-0.1, -0.05) is 0 Å². The molecule has 0 saturated heterocycles. The first-order chi connectivity index (χ1) is 7.58. The molecule has 0 unspecified atom stereocenters. The Morgan fingerprint density at radius 3 is 2.69 bits per heavy atom. The van der Waals surface area contributed by atoms with Crippen LogP contribution in [0.4, 0.5) is 10.1 Å². The molecule has 0 atom stereocenters. The summed E-state index contributed by atoms with van der Waals surface area (Å²) in [4.78, 5) is 0.490. The van der Waals surface area contributed by atoms with E-state index in [4.69, 9.17) is 5.73 Å². The molecule has 0 spiro atoms. The van der Waals surface area contributed by atoms with Crippen LogP contribution in [0.25, 0.3) is 0 Å². The van der Waals surface area contributed by atoms with Gasteiger partial charge in [-0.05, 0) is 36.9 Å². The minimum atomic E-state index is -0.342. The summed E-state index contributed by atoms with van der Waals surface area (Å²) in [6.45, 7) is 1.84.